The molecule has 6 nitrogen and oxygen atoms in total. The highest BCUT2D eigenvalue weighted by Crippen LogP contribution is 2.37. The third kappa shape index (κ3) is 5.22. The molecule has 194 valence electrons. The van der Waals surface area contributed by atoms with Gasteiger partial charge in [0.1, 0.15) is 22.1 Å². The van der Waals surface area contributed by atoms with Gasteiger partial charge in [-0.1, -0.05) is 23.2 Å². The SMILES string of the molecule is CN(c1cc(C(F)(F)F)nc2ccc(Cl)cc12)C1CCC(NC(=O)c2c(C(F)F)nn(C)c2Cl)CC1. The van der Waals surface area contributed by atoms with E-state index in [0.717, 1.165) is 10.7 Å². The number of pyridine rings is 1. The minimum Gasteiger partial charge on any atom is -0.371 e. The van der Waals surface area contributed by atoms with Crippen LogP contribution in [0.3, 0.4) is 0 Å². The van der Waals surface area contributed by atoms with Crippen molar-refractivity contribution in [2.45, 2.75) is 50.4 Å². The van der Waals surface area contributed by atoms with Gasteiger partial charge in [0.05, 0.1) is 5.52 Å². The van der Waals surface area contributed by atoms with E-state index in [-0.39, 0.29) is 28.3 Å². The van der Waals surface area contributed by atoms with Crippen molar-refractivity contribution < 1.29 is 26.7 Å². The summed E-state index contributed by atoms with van der Waals surface area (Å²) >= 11 is 12.1. The lowest BCUT2D eigenvalue weighted by Gasteiger charge is -2.37. The molecule has 13 heteroatoms. The second-order valence-electron chi connectivity index (χ2n) is 8.75. The first-order valence-electron chi connectivity index (χ1n) is 11.1. The maximum Gasteiger partial charge on any atom is 0.433 e. The number of benzene rings is 1. The number of nitrogens with one attached hydrogen (secondary N) is 1. The van der Waals surface area contributed by atoms with Crippen LogP contribution in [0.5, 0.6) is 0 Å². The average Bonchev–Trinajstić information content (AvgIpc) is 3.12. The zero-order valence-electron chi connectivity index (χ0n) is 19.2. The van der Waals surface area contributed by atoms with Crippen molar-refractivity contribution in [3.8, 4) is 0 Å². The van der Waals surface area contributed by atoms with Gasteiger partial charge in [-0.3, -0.25) is 9.48 Å². The molecule has 0 atom stereocenters. The molecule has 1 saturated carbocycles. The van der Waals surface area contributed by atoms with E-state index in [9.17, 15) is 26.7 Å². The minimum atomic E-state index is -4.62. The number of carbonyl (C=O) groups excluding carboxylic acids is 1. The van der Waals surface area contributed by atoms with E-state index in [1.165, 1.54) is 19.2 Å². The van der Waals surface area contributed by atoms with E-state index in [1.54, 1.807) is 18.0 Å². The number of carbonyl (C=O) groups is 1. The predicted molar refractivity (Wildman–Crippen MR) is 127 cm³/mol. The van der Waals surface area contributed by atoms with Gasteiger partial charge in [-0.25, -0.2) is 13.8 Å². The molecule has 1 fully saturated rings. The number of amides is 1. The number of rotatable bonds is 5. The van der Waals surface area contributed by atoms with E-state index in [1.807, 2.05) is 0 Å². The molecule has 0 aliphatic heterocycles. The number of anilines is 1. The van der Waals surface area contributed by atoms with Gasteiger partial charge in [-0.2, -0.15) is 18.3 Å². The molecule has 0 spiro atoms. The van der Waals surface area contributed by atoms with E-state index < -0.39 is 29.9 Å². The van der Waals surface area contributed by atoms with Crippen LogP contribution in [0.1, 0.15) is 53.9 Å². The van der Waals surface area contributed by atoms with Crippen molar-refractivity contribution >= 4 is 45.7 Å². The normalized spacial score (nSPS) is 18.6. The fraction of sp³-hybridized carbons (Fsp3) is 0.435. The van der Waals surface area contributed by atoms with Gasteiger partial charge < -0.3 is 10.2 Å². The number of aryl methyl sites for hydroxylation is 1. The second kappa shape index (κ2) is 10.0. The number of nitrogens with zero attached hydrogens (tertiary/aromatic N) is 4. The van der Waals surface area contributed by atoms with Crippen LogP contribution in [-0.2, 0) is 13.2 Å². The predicted octanol–water partition coefficient (Wildman–Crippen LogP) is 6.41. The maximum atomic E-state index is 13.5. The van der Waals surface area contributed by atoms with Crippen LogP contribution in [0.4, 0.5) is 27.6 Å². The molecule has 0 unspecified atom stereocenters. The summed E-state index contributed by atoms with van der Waals surface area (Å²) in [5.41, 5.74) is -1.50. The lowest BCUT2D eigenvalue weighted by molar-refractivity contribution is -0.140. The zero-order chi connectivity index (χ0) is 26.4. The summed E-state index contributed by atoms with van der Waals surface area (Å²) in [6, 6.07) is 5.11. The zero-order valence-corrected chi connectivity index (χ0v) is 20.7. The third-order valence-electron chi connectivity index (χ3n) is 6.44. The smallest absolute Gasteiger partial charge is 0.371 e. The first kappa shape index (κ1) is 26.4. The lowest BCUT2D eigenvalue weighted by Crippen LogP contribution is -2.43. The number of alkyl halides is 5. The monoisotopic (exact) mass is 549 g/mol. The summed E-state index contributed by atoms with van der Waals surface area (Å²) in [7, 11) is 3.08. The number of hydrogen-bond acceptors (Lipinski definition) is 4. The fourth-order valence-electron chi connectivity index (χ4n) is 4.56. The van der Waals surface area contributed by atoms with Crippen molar-refractivity contribution in [1.82, 2.24) is 20.1 Å². The van der Waals surface area contributed by atoms with Gasteiger partial charge in [0.15, 0.2) is 0 Å². The van der Waals surface area contributed by atoms with Crippen LogP contribution >= 0.6 is 23.2 Å². The molecule has 0 radical (unpaired) electrons. The van der Waals surface area contributed by atoms with Gasteiger partial charge in [0, 0.05) is 42.3 Å². The molecule has 3 aromatic rings. The fourth-order valence-corrected chi connectivity index (χ4v) is 4.96. The van der Waals surface area contributed by atoms with E-state index >= 15 is 0 Å². The number of aromatic nitrogens is 3. The summed E-state index contributed by atoms with van der Waals surface area (Å²) in [4.78, 5) is 18.2. The minimum absolute atomic E-state index is 0.123. The molecule has 36 heavy (non-hydrogen) atoms. The van der Waals surface area contributed by atoms with Crippen LogP contribution in [0.15, 0.2) is 24.3 Å². The van der Waals surface area contributed by atoms with E-state index in [0.29, 0.717) is 41.8 Å². The highest BCUT2D eigenvalue weighted by atomic mass is 35.5. The molecule has 1 N–H and O–H groups in total. The summed E-state index contributed by atoms with van der Waals surface area (Å²) in [5.74, 6) is -0.732. The summed E-state index contributed by atoms with van der Waals surface area (Å²) < 4.78 is 68.1. The first-order chi connectivity index (χ1) is 16.9. The molecule has 0 saturated heterocycles. The molecule has 1 amide bonds. The van der Waals surface area contributed by atoms with Crippen LogP contribution < -0.4 is 10.2 Å². The van der Waals surface area contributed by atoms with E-state index in [4.69, 9.17) is 23.2 Å². The van der Waals surface area contributed by atoms with E-state index in [2.05, 4.69) is 15.4 Å². The number of fused-ring (bicyclic) bond motifs is 1. The largest absolute Gasteiger partial charge is 0.433 e. The topological polar surface area (TPSA) is 63.1 Å². The average molecular weight is 550 g/mol. The second-order valence-corrected chi connectivity index (χ2v) is 9.55. The molecule has 1 aliphatic rings. The van der Waals surface area contributed by atoms with Crippen molar-refractivity contribution in [2.75, 3.05) is 11.9 Å². The molecular formula is C23H22Cl2F5N5O. The number of halogens is 7. The number of hydrogen-bond donors (Lipinski definition) is 1. The van der Waals surface area contributed by atoms with Gasteiger partial charge in [0.2, 0.25) is 0 Å². The Hall–Kier alpha value is -2.66. The Morgan fingerprint density at radius 1 is 1.17 bits per heavy atom. The summed E-state index contributed by atoms with van der Waals surface area (Å²) in [6.45, 7) is 0. The third-order valence-corrected chi connectivity index (χ3v) is 7.11. The first-order valence-corrected chi connectivity index (χ1v) is 11.8. The Kier molecular flexibility index (Phi) is 7.34. The highest BCUT2D eigenvalue weighted by Gasteiger charge is 2.35. The molecule has 0 bridgehead atoms. The van der Waals surface area contributed by atoms with Crippen molar-refractivity contribution in [2.24, 2.45) is 7.05 Å². The Labute approximate surface area is 213 Å². The highest BCUT2D eigenvalue weighted by molar-refractivity contribution is 6.33. The van der Waals surface area contributed by atoms with Gasteiger partial charge in [-0.15, -0.1) is 0 Å². The van der Waals surface area contributed by atoms with Gasteiger partial charge >= 0.3 is 6.18 Å². The standard InChI is InChI=1S/C23H22Cl2F5N5O/c1-34(16-10-17(23(28,29)30)32-15-8-3-11(24)9-14(15)16)13-6-4-12(5-7-13)31-22(36)18-19(21(26)27)33-35(2)20(18)25/h3,8-10,12-13,21H,4-7H2,1-2H3,(H,31,36). The summed E-state index contributed by atoms with van der Waals surface area (Å²) in [5, 5.41) is 7.06. The molecule has 1 aromatic carbocycles. The Bertz CT molecular complexity index is 1290. The molecular weight excluding hydrogens is 528 g/mol. The van der Waals surface area contributed by atoms with Crippen molar-refractivity contribution in [1.29, 1.82) is 0 Å². The lowest BCUT2D eigenvalue weighted by atomic mass is 9.89. The quantitative estimate of drug-likeness (QED) is 0.373. The van der Waals surface area contributed by atoms with Crippen LogP contribution in [-0.4, -0.2) is 39.8 Å². The van der Waals surface area contributed by atoms with Crippen LogP contribution in [0.25, 0.3) is 10.9 Å². The molecule has 2 heterocycles. The Balaban J connectivity index is 1.50. The van der Waals surface area contributed by atoms with Crippen molar-refractivity contribution in [3.63, 3.8) is 0 Å². The molecule has 2 aromatic heterocycles. The van der Waals surface area contributed by atoms with Gasteiger partial charge in [-0.05, 0) is 49.9 Å². The van der Waals surface area contributed by atoms with Crippen LogP contribution in [0.2, 0.25) is 10.2 Å². The summed E-state index contributed by atoms with van der Waals surface area (Å²) in [6.07, 6.45) is -5.47. The maximum absolute atomic E-state index is 13.5. The van der Waals surface area contributed by atoms with Crippen molar-refractivity contribution in [3.05, 3.63) is 51.4 Å². The molecule has 4 rings (SSSR count). The molecule has 1 aliphatic carbocycles. The van der Waals surface area contributed by atoms with Gasteiger partial charge in [0.25, 0.3) is 12.3 Å². The Morgan fingerprint density at radius 3 is 2.44 bits per heavy atom. The Morgan fingerprint density at radius 2 is 1.83 bits per heavy atom. The van der Waals surface area contributed by atoms with Crippen LogP contribution in [0, 0.1) is 0 Å².